The second-order valence-corrected chi connectivity index (χ2v) is 3.25. The van der Waals surface area contributed by atoms with Crippen LogP contribution >= 0.6 is 0 Å². The van der Waals surface area contributed by atoms with Crippen molar-refractivity contribution in [2.24, 2.45) is 11.7 Å². The minimum Gasteiger partial charge on any atom is -0.329 e. The molecule has 0 aromatic carbocycles. The first-order chi connectivity index (χ1) is 4.22. The van der Waals surface area contributed by atoms with Crippen molar-refractivity contribution in [1.29, 1.82) is 0 Å². The van der Waals surface area contributed by atoms with Gasteiger partial charge in [-0.3, -0.25) is 0 Å². The van der Waals surface area contributed by atoms with E-state index in [1.54, 1.807) is 0 Å². The summed E-state index contributed by atoms with van der Waals surface area (Å²) in [4.78, 5) is 0. The first kappa shape index (κ1) is 7.03. The van der Waals surface area contributed by atoms with Gasteiger partial charge in [-0.1, -0.05) is 6.92 Å². The Balaban J connectivity index is 2.36. The number of hydrogen-bond acceptors (Lipinski definition) is 2. The summed E-state index contributed by atoms with van der Waals surface area (Å²) in [6, 6.07) is 0. The fraction of sp³-hybridized carbons (Fsp3) is 1.00. The van der Waals surface area contributed by atoms with Crippen molar-refractivity contribution in [3.8, 4) is 0 Å². The van der Waals surface area contributed by atoms with Crippen molar-refractivity contribution < 1.29 is 0 Å². The van der Waals surface area contributed by atoms with E-state index in [2.05, 4.69) is 12.2 Å². The Hall–Kier alpha value is -0.0800. The second kappa shape index (κ2) is 2.27. The Labute approximate surface area is 56.8 Å². The van der Waals surface area contributed by atoms with Crippen molar-refractivity contribution >= 4 is 0 Å². The van der Waals surface area contributed by atoms with Gasteiger partial charge in [-0.05, 0) is 25.8 Å². The molecule has 0 heterocycles. The molecule has 54 valence electrons. The fourth-order valence-electron chi connectivity index (χ4n) is 1.75. The number of hydrogen-bond donors (Lipinski definition) is 2. The van der Waals surface area contributed by atoms with E-state index < -0.39 is 0 Å². The van der Waals surface area contributed by atoms with Crippen LogP contribution in [0.5, 0.6) is 0 Å². The van der Waals surface area contributed by atoms with Gasteiger partial charge >= 0.3 is 0 Å². The SMILES string of the molecule is CNC1(CN)CC(C)C1. The lowest BCUT2D eigenvalue weighted by Gasteiger charge is -2.45. The third-order valence-corrected chi connectivity index (χ3v) is 2.40. The maximum Gasteiger partial charge on any atom is 0.0306 e. The zero-order valence-corrected chi connectivity index (χ0v) is 6.28. The van der Waals surface area contributed by atoms with Gasteiger partial charge in [-0.25, -0.2) is 0 Å². The Morgan fingerprint density at radius 1 is 1.67 bits per heavy atom. The number of nitrogens with two attached hydrogens (primary N) is 1. The monoisotopic (exact) mass is 128 g/mol. The Morgan fingerprint density at radius 2 is 2.22 bits per heavy atom. The van der Waals surface area contributed by atoms with Gasteiger partial charge < -0.3 is 11.1 Å². The lowest BCUT2D eigenvalue weighted by molar-refractivity contribution is 0.134. The first-order valence-electron chi connectivity index (χ1n) is 3.61. The normalized spacial score (nSPS) is 42.3. The molecule has 1 rings (SSSR count). The summed E-state index contributed by atoms with van der Waals surface area (Å²) in [7, 11) is 2.00. The van der Waals surface area contributed by atoms with Crippen LogP contribution in [0.2, 0.25) is 0 Å². The smallest absolute Gasteiger partial charge is 0.0306 e. The summed E-state index contributed by atoms with van der Waals surface area (Å²) in [6.45, 7) is 3.05. The molecule has 0 spiro atoms. The van der Waals surface area contributed by atoms with Crippen LogP contribution in [0.1, 0.15) is 19.8 Å². The van der Waals surface area contributed by atoms with Crippen molar-refractivity contribution in [1.82, 2.24) is 5.32 Å². The molecule has 0 aromatic rings. The average Bonchev–Trinajstić information content (AvgIpc) is 1.81. The fourth-order valence-corrected chi connectivity index (χ4v) is 1.75. The van der Waals surface area contributed by atoms with Crippen molar-refractivity contribution in [2.75, 3.05) is 13.6 Å². The van der Waals surface area contributed by atoms with E-state index in [9.17, 15) is 0 Å². The number of likely N-dealkylation sites (N-methyl/N-ethyl adjacent to an activating group) is 1. The van der Waals surface area contributed by atoms with Gasteiger partial charge in [0.25, 0.3) is 0 Å². The van der Waals surface area contributed by atoms with E-state index in [1.165, 1.54) is 12.8 Å². The van der Waals surface area contributed by atoms with E-state index in [4.69, 9.17) is 5.73 Å². The van der Waals surface area contributed by atoms with Crippen LogP contribution in [0, 0.1) is 5.92 Å². The maximum absolute atomic E-state index is 5.58. The molecule has 0 radical (unpaired) electrons. The molecule has 2 nitrogen and oxygen atoms in total. The molecular weight excluding hydrogens is 112 g/mol. The molecule has 0 amide bonds. The van der Waals surface area contributed by atoms with E-state index in [0.29, 0.717) is 5.54 Å². The molecule has 0 atom stereocenters. The van der Waals surface area contributed by atoms with Crippen LogP contribution in [-0.2, 0) is 0 Å². The zero-order valence-electron chi connectivity index (χ0n) is 6.28. The summed E-state index contributed by atoms with van der Waals surface area (Å²) >= 11 is 0. The lowest BCUT2D eigenvalue weighted by Crippen LogP contribution is -2.58. The van der Waals surface area contributed by atoms with Gasteiger partial charge in [-0.15, -0.1) is 0 Å². The lowest BCUT2D eigenvalue weighted by atomic mass is 9.69. The highest BCUT2D eigenvalue weighted by Gasteiger charge is 2.38. The first-order valence-corrected chi connectivity index (χ1v) is 3.61. The summed E-state index contributed by atoms with van der Waals surface area (Å²) in [5, 5.41) is 3.27. The molecule has 1 aliphatic carbocycles. The zero-order chi connectivity index (χ0) is 6.91. The third kappa shape index (κ3) is 1.10. The molecule has 0 saturated heterocycles. The Kier molecular flexibility index (Phi) is 1.78. The van der Waals surface area contributed by atoms with Crippen molar-refractivity contribution in [3.63, 3.8) is 0 Å². The molecule has 2 heteroatoms. The molecule has 1 aliphatic rings. The molecule has 1 saturated carbocycles. The minimum atomic E-state index is 0.305. The van der Waals surface area contributed by atoms with Gasteiger partial charge in [-0.2, -0.15) is 0 Å². The summed E-state index contributed by atoms with van der Waals surface area (Å²) in [6.07, 6.45) is 2.50. The van der Waals surface area contributed by atoms with Gasteiger partial charge in [0.1, 0.15) is 0 Å². The Bertz CT molecular complexity index is 89.1. The molecule has 9 heavy (non-hydrogen) atoms. The minimum absolute atomic E-state index is 0.305. The van der Waals surface area contributed by atoms with Crippen molar-refractivity contribution in [2.45, 2.75) is 25.3 Å². The van der Waals surface area contributed by atoms with Crippen LogP contribution in [0.25, 0.3) is 0 Å². The van der Waals surface area contributed by atoms with Crippen LogP contribution in [0.4, 0.5) is 0 Å². The number of nitrogens with one attached hydrogen (secondary N) is 1. The maximum atomic E-state index is 5.58. The molecule has 0 aromatic heterocycles. The van der Waals surface area contributed by atoms with Gasteiger partial charge in [0.2, 0.25) is 0 Å². The highest BCUT2D eigenvalue weighted by atomic mass is 15.0. The average molecular weight is 128 g/mol. The Morgan fingerprint density at radius 3 is 2.33 bits per heavy atom. The quantitative estimate of drug-likeness (QED) is 0.562. The molecule has 1 fully saturated rings. The molecule has 0 bridgehead atoms. The standard InChI is InChI=1S/C7H16N2/c1-6-3-7(4-6,5-8)9-2/h6,9H,3-5,8H2,1-2H3. The van der Waals surface area contributed by atoms with Crippen LogP contribution in [-0.4, -0.2) is 19.1 Å². The van der Waals surface area contributed by atoms with Gasteiger partial charge in [0.15, 0.2) is 0 Å². The second-order valence-electron chi connectivity index (χ2n) is 3.25. The van der Waals surface area contributed by atoms with Crippen LogP contribution in [0.3, 0.4) is 0 Å². The predicted octanol–water partition coefficient (Wildman–Crippen LogP) is 0.333. The van der Waals surface area contributed by atoms with E-state index in [1.807, 2.05) is 7.05 Å². The van der Waals surface area contributed by atoms with Crippen LogP contribution in [0.15, 0.2) is 0 Å². The van der Waals surface area contributed by atoms with Crippen molar-refractivity contribution in [3.05, 3.63) is 0 Å². The van der Waals surface area contributed by atoms with Crippen LogP contribution < -0.4 is 11.1 Å². The topological polar surface area (TPSA) is 38.0 Å². The molecule has 0 aliphatic heterocycles. The molecular formula is C7H16N2. The summed E-state index contributed by atoms with van der Waals surface area (Å²) in [5.74, 6) is 0.876. The van der Waals surface area contributed by atoms with Gasteiger partial charge in [0, 0.05) is 12.1 Å². The van der Waals surface area contributed by atoms with Gasteiger partial charge in [0.05, 0.1) is 0 Å². The largest absolute Gasteiger partial charge is 0.329 e. The summed E-state index contributed by atoms with van der Waals surface area (Å²) < 4.78 is 0. The molecule has 3 N–H and O–H groups in total. The third-order valence-electron chi connectivity index (χ3n) is 2.40. The summed E-state index contributed by atoms with van der Waals surface area (Å²) in [5.41, 5.74) is 5.88. The predicted molar refractivity (Wildman–Crippen MR) is 39.2 cm³/mol. The highest BCUT2D eigenvalue weighted by molar-refractivity contribution is 4.99. The van der Waals surface area contributed by atoms with E-state index >= 15 is 0 Å². The van der Waals surface area contributed by atoms with E-state index in [0.717, 1.165) is 12.5 Å². The number of rotatable bonds is 2. The van der Waals surface area contributed by atoms with E-state index in [-0.39, 0.29) is 0 Å². The molecule has 0 unspecified atom stereocenters. The highest BCUT2D eigenvalue weighted by Crippen LogP contribution is 2.35.